The smallest absolute Gasteiger partial charge is 0.141 e. The molecule has 0 spiro atoms. The highest BCUT2D eigenvalue weighted by atomic mass is 79.9. The third-order valence-electron chi connectivity index (χ3n) is 3.07. The van der Waals surface area contributed by atoms with E-state index in [9.17, 15) is 4.39 Å². The summed E-state index contributed by atoms with van der Waals surface area (Å²) in [6.07, 6.45) is 0.743. The van der Waals surface area contributed by atoms with Crippen molar-refractivity contribution in [1.29, 1.82) is 0 Å². The van der Waals surface area contributed by atoms with Crippen LogP contribution in [0.2, 0.25) is 5.02 Å². The van der Waals surface area contributed by atoms with Gasteiger partial charge in [0.1, 0.15) is 5.82 Å². The largest absolute Gasteiger partial charge is 0.330 e. The molecule has 0 aliphatic rings. The van der Waals surface area contributed by atoms with Crippen molar-refractivity contribution in [2.75, 3.05) is 6.54 Å². The lowest BCUT2D eigenvalue weighted by atomic mass is 9.92. The van der Waals surface area contributed by atoms with E-state index in [2.05, 4.69) is 22.0 Å². The molecule has 2 aromatic rings. The molecule has 0 aliphatic heterocycles. The summed E-state index contributed by atoms with van der Waals surface area (Å²) in [5.41, 5.74) is 8.00. The highest BCUT2D eigenvalue weighted by Crippen LogP contribution is 2.25. The van der Waals surface area contributed by atoms with E-state index in [1.807, 2.05) is 18.2 Å². The summed E-state index contributed by atoms with van der Waals surface area (Å²) in [6.45, 7) is 0.533. The molecule has 0 aliphatic carbocycles. The van der Waals surface area contributed by atoms with Crippen LogP contribution in [-0.2, 0) is 6.42 Å². The summed E-state index contributed by atoms with van der Waals surface area (Å²) >= 11 is 9.25. The lowest BCUT2D eigenvalue weighted by Gasteiger charge is -2.16. The van der Waals surface area contributed by atoms with Gasteiger partial charge in [0.15, 0.2) is 0 Å². The van der Waals surface area contributed by atoms with Crippen LogP contribution in [0.5, 0.6) is 0 Å². The van der Waals surface area contributed by atoms with E-state index in [4.69, 9.17) is 17.3 Å². The van der Waals surface area contributed by atoms with Crippen LogP contribution in [0.4, 0.5) is 4.39 Å². The van der Waals surface area contributed by atoms with Crippen LogP contribution in [0.15, 0.2) is 46.9 Å². The second kappa shape index (κ2) is 6.51. The molecule has 0 heterocycles. The Morgan fingerprint density at radius 3 is 2.63 bits per heavy atom. The fourth-order valence-electron chi connectivity index (χ4n) is 2.05. The normalized spacial score (nSPS) is 12.4. The first kappa shape index (κ1) is 14.5. The van der Waals surface area contributed by atoms with Gasteiger partial charge < -0.3 is 5.73 Å². The Balaban J connectivity index is 2.21. The molecule has 0 bridgehead atoms. The second-order valence-corrected chi connectivity index (χ2v) is 5.76. The van der Waals surface area contributed by atoms with E-state index < -0.39 is 5.82 Å². The first-order chi connectivity index (χ1) is 9.10. The minimum absolute atomic E-state index is 0.155. The van der Waals surface area contributed by atoms with Gasteiger partial charge in [0, 0.05) is 10.4 Å². The van der Waals surface area contributed by atoms with Gasteiger partial charge in [-0.2, -0.15) is 0 Å². The Hall–Kier alpha value is -0.900. The van der Waals surface area contributed by atoms with Crippen LogP contribution in [0, 0.1) is 5.82 Å². The van der Waals surface area contributed by atoms with E-state index in [1.165, 1.54) is 6.07 Å². The molecule has 1 nitrogen and oxygen atoms in total. The van der Waals surface area contributed by atoms with E-state index >= 15 is 0 Å². The van der Waals surface area contributed by atoms with Gasteiger partial charge in [-0.3, -0.25) is 0 Å². The SMILES string of the molecule is NCC(Cc1ccc(F)c(Cl)c1)c1cccc(Br)c1. The molecule has 0 saturated heterocycles. The molecule has 0 fully saturated rings. The summed E-state index contributed by atoms with van der Waals surface area (Å²) in [6, 6.07) is 12.9. The minimum atomic E-state index is -0.392. The van der Waals surface area contributed by atoms with Gasteiger partial charge in [-0.05, 0) is 48.4 Å². The first-order valence-electron chi connectivity index (χ1n) is 5.99. The van der Waals surface area contributed by atoms with Crippen LogP contribution in [0.1, 0.15) is 17.0 Å². The number of nitrogens with two attached hydrogens (primary N) is 1. The Kier molecular flexibility index (Phi) is 4.97. The van der Waals surface area contributed by atoms with Gasteiger partial charge >= 0.3 is 0 Å². The molecule has 2 rings (SSSR count). The molecular weight excluding hydrogens is 329 g/mol. The third-order valence-corrected chi connectivity index (χ3v) is 3.85. The van der Waals surface area contributed by atoms with Crippen LogP contribution in [0.3, 0.4) is 0 Å². The van der Waals surface area contributed by atoms with Gasteiger partial charge in [0.2, 0.25) is 0 Å². The third kappa shape index (κ3) is 3.78. The van der Waals surface area contributed by atoms with Crippen molar-refractivity contribution in [3.05, 3.63) is 68.9 Å². The van der Waals surface area contributed by atoms with Crippen molar-refractivity contribution < 1.29 is 4.39 Å². The predicted molar refractivity (Wildman–Crippen MR) is 81.1 cm³/mol. The number of hydrogen-bond acceptors (Lipinski definition) is 1. The van der Waals surface area contributed by atoms with Crippen LogP contribution in [0.25, 0.3) is 0 Å². The summed E-state index contributed by atoms with van der Waals surface area (Å²) in [5.74, 6) is -0.198. The van der Waals surface area contributed by atoms with Gasteiger partial charge in [-0.1, -0.05) is 45.7 Å². The fraction of sp³-hybridized carbons (Fsp3) is 0.200. The standard InChI is InChI=1S/C15H14BrClFN/c16-13-3-1-2-11(8-13)12(9-19)6-10-4-5-15(18)14(17)7-10/h1-5,7-8,12H,6,9,19H2. The molecule has 1 unspecified atom stereocenters. The zero-order valence-electron chi connectivity index (χ0n) is 10.2. The molecular formula is C15H14BrClFN. The molecule has 1 atom stereocenters. The molecule has 0 aromatic heterocycles. The van der Waals surface area contributed by atoms with Gasteiger partial charge in [0.05, 0.1) is 5.02 Å². The molecule has 0 saturated carbocycles. The topological polar surface area (TPSA) is 26.0 Å². The van der Waals surface area contributed by atoms with Gasteiger partial charge in [0.25, 0.3) is 0 Å². The molecule has 2 N–H and O–H groups in total. The second-order valence-electron chi connectivity index (χ2n) is 4.44. The molecule has 0 radical (unpaired) electrons. The molecule has 4 heteroatoms. The maximum atomic E-state index is 13.1. The zero-order valence-corrected chi connectivity index (χ0v) is 12.6. The summed E-state index contributed by atoms with van der Waals surface area (Å²) in [7, 11) is 0. The Morgan fingerprint density at radius 1 is 1.21 bits per heavy atom. The summed E-state index contributed by atoms with van der Waals surface area (Å²) in [5, 5.41) is 0.155. The monoisotopic (exact) mass is 341 g/mol. The van der Waals surface area contributed by atoms with Gasteiger partial charge in [-0.25, -0.2) is 4.39 Å². The lowest BCUT2D eigenvalue weighted by molar-refractivity contribution is 0.625. The average molecular weight is 343 g/mol. The zero-order chi connectivity index (χ0) is 13.8. The van der Waals surface area contributed by atoms with Crippen LogP contribution >= 0.6 is 27.5 Å². The van der Waals surface area contributed by atoms with Gasteiger partial charge in [-0.15, -0.1) is 0 Å². The van der Waals surface area contributed by atoms with Crippen molar-refractivity contribution in [3.8, 4) is 0 Å². The molecule has 100 valence electrons. The maximum Gasteiger partial charge on any atom is 0.141 e. The van der Waals surface area contributed by atoms with E-state index in [0.717, 1.165) is 22.0 Å². The quantitative estimate of drug-likeness (QED) is 0.868. The highest BCUT2D eigenvalue weighted by molar-refractivity contribution is 9.10. The fourth-order valence-corrected chi connectivity index (χ4v) is 2.67. The van der Waals surface area contributed by atoms with Crippen molar-refractivity contribution in [3.63, 3.8) is 0 Å². The maximum absolute atomic E-state index is 13.1. The minimum Gasteiger partial charge on any atom is -0.330 e. The number of benzene rings is 2. The van der Waals surface area contributed by atoms with E-state index in [1.54, 1.807) is 12.1 Å². The van der Waals surface area contributed by atoms with Crippen molar-refractivity contribution in [1.82, 2.24) is 0 Å². The highest BCUT2D eigenvalue weighted by Gasteiger charge is 2.12. The molecule has 2 aromatic carbocycles. The lowest BCUT2D eigenvalue weighted by Crippen LogP contribution is -2.15. The van der Waals surface area contributed by atoms with Crippen molar-refractivity contribution in [2.45, 2.75) is 12.3 Å². The molecule has 19 heavy (non-hydrogen) atoms. The van der Waals surface area contributed by atoms with Crippen LogP contribution in [-0.4, -0.2) is 6.54 Å². The predicted octanol–water partition coefficient (Wildman–Crippen LogP) is 4.53. The van der Waals surface area contributed by atoms with Crippen molar-refractivity contribution >= 4 is 27.5 Å². The van der Waals surface area contributed by atoms with Crippen LogP contribution < -0.4 is 5.73 Å². The summed E-state index contributed by atoms with van der Waals surface area (Å²) in [4.78, 5) is 0. The number of rotatable bonds is 4. The van der Waals surface area contributed by atoms with E-state index in [-0.39, 0.29) is 10.9 Å². The molecule has 0 amide bonds. The van der Waals surface area contributed by atoms with Crippen molar-refractivity contribution in [2.24, 2.45) is 5.73 Å². The number of halogens is 3. The Morgan fingerprint density at radius 2 is 2.00 bits per heavy atom. The number of hydrogen-bond donors (Lipinski definition) is 1. The average Bonchev–Trinajstić information content (AvgIpc) is 2.40. The first-order valence-corrected chi connectivity index (χ1v) is 7.16. The Labute approximate surface area is 125 Å². The summed E-state index contributed by atoms with van der Waals surface area (Å²) < 4.78 is 14.2. The Bertz CT molecular complexity index is 574. The van der Waals surface area contributed by atoms with E-state index in [0.29, 0.717) is 6.54 Å².